The van der Waals surface area contributed by atoms with Crippen molar-refractivity contribution >= 4 is 11.9 Å². The van der Waals surface area contributed by atoms with E-state index in [1.54, 1.807) is 0 Å². The van der Waals surface area contributed by atoms with Gasteiger partial charge < -0.3 is 14.9 Å². The summed E-state index contributed by atoms with van der Waals surface area (Å²) < 4.78 is 0. The van der Waals surface area contributed by atoms with Gasteiger partial charge in [0.25, 0.3) is 0 Å². The normalized spacial score (nSPS) is 18.5. The summed E-state index contributed by atoms with van der Waals surface area (Å²) in [6.45, 7) is 6.38. The first-order chi connectivity index (χ1) is 10.9. The number of carboxylic acid groups (broad SMARTS) is 1. The van der Waals surface area contributed by atoms with Gasteiger partial charge in [-0.25, -0.2) is 0 Å². The number of rotatable bonds is 11. The number of amides is 1. The van der Waals surface area contributed by atoms with E-state index in [9.17, 15) is 9.59 Å². The van der Waals surface area contributed by atoms with Crippen molar-refractivity contribution in [3.63, 3.8) is 0 Å². The molecule has 23 heavy (non-hydrogen) atoms. The predicted octanol–water partition coefficient (Wildman–Crippen LogP) is 1.36. The van der Waals surface area contributed by atoms with Crippen LogP contribution in [0.15, 0.2) is 0 Å². The Labute approximate surface area is 140 Å². The molecule has 0 bridgehead atoms. The highest BCUT2D eigenvalue weighted by atomic mass is 16.4. The first kappa shape index (κ1) is 19.9. The number of hydrogen-bond acceptors (Lipinski definition) is 4. The number of aliphatic carboxylic acids is 1. The first-order valence-corrected chi connectivity index (χ1v) is 8.81. The minimum atomic E-state index is -0.744. The third kappa shape index (κ3) is 7.79. The summed E-state index contributed by atoms with van der Waals surface area (Å²) in [7, 11) is 4.12. The molecule has 134 valence electrons. The van der Waals surface area contributed by atoms with Crippen molar-refractivity contribution < 1.29 is 14.7 Å². The van der Waals surface area contributed by atoms with E-state index in [1.165, 1.54) is 0 Å². The lowest BCUT2D eigenvalue weighted by atomic mass is 10.1. The minimum Gasteiger partial charge on any atom is -0.481 e. The maximum atomic E-state index is 12.5. The lowest BCUT2D eigenvalue weighted by Gasteiger charge is -2.25. The van der Waals surface area contributed by atoms with Crippen LogP contribution in [0, 0.1) is 5.92 Å². The molecule has 1 atom stereocenters. The van der Waals surface area contributed by atoms with E-state index in [2.05, 4.69) is 25.9 Å². The van der Waals surface area contributed by atoms with Crippen LogP contribution in [-0.4, -0.2) is 85.0 Å². The zero-order valence-corrected chi connectivity index (χ0v) is 15.0. The molecule has 0 aromatic rings. The number of likely N-dealkylation sites (tertiary alicyclic amines) is 1. The fourth-order valence-electron chi connectivity index (χ4n) is 2.91. The fraction of sp³-hybridized carbons (Fsp3) is 0.882. The maximum absolute atomic E-state index is 12.5. The summed E-state index contributed by atoms with van der Waals surface area (Å²) in [5, 5.41) is 9.05. The Balaban J connectivity index is 2.40. The fourth-order valence-corrected chi connectivity index (χ4v) is 2.91. The SMILES string of the molecule is CCCCN(CCCCN(C)C)C(=O)CN1CCC(C(=O)O)C1. The van der Waals surface area contributed by atoms with E-state index in [0.29, 0.717) is 26.1 Å². The molecule has 1 fully saturated rings. The molecule has 0 radical (unpaired) electrons. The molecule has 0 saturated carbocycles. The second kappa shape index (κ2) is 10.6. The molecule has 6 nitrogen and oxygen atoms in total. The largest absolute Gasteiger partial charge is 0.481 e. The van der Waals surface area contributed by atoms with Gasteiger partial charge in [0.05, 0.1) is 12.5 Å². The smallest absolute Gasteiger partial charge is 0.307 e. The van der Waals surface area contributed by atoms with E-state index < -0.39 is 5.97 Å². The topological polar surface area (TPSA) is 64.1 Å². The molecule has 0 spiro atoms. The van der Waals surface area contributed by atoms with Gasteiger partial charge in [-0.3, -0.25) is 14.5 Å². The zero-order valence-electron chi connectivity index (χ0n) is 15.0. The third-order valence-corrected chi connectivity index (χ3v) is 4.40. The van der Waals surface area contributed by atoms with Crippen molar-refractivity contribution in [2.45, 2.75) is 39.0 Å². The summed E-state index contributed by atoms with van der Waals surface area (Å²) in [5.41, 5.74) is 0. The molecule has 1 aliphatic heterocycles. The highest BCUT2D eigenvalue weighted by Crippen LogP contribution is 2.16. The number of carbonyl (C=O) groups excluding carboxylic acids is 1. The van der Waals surface area contributed by atoms with Gasteiger partial charge in [-0.05, 0) is 52.9 Å². The van der Waals surface area contributed by atoms with Gasteiger partial charge in [0.15, 0.2) is 0 Å². The summed E-state index contributed by atoms with van der Waals surface area (Å²) in [5.74, 6) is -0.909. The second-order valence-electron chi connectivity index (χ2n) is 6.80. The van der Waals surface area contributed by atoms with E-state index in [0.717, 1.165) is 45.3 Å². The average molecular weight is 327 g/mol. The third-order valence-electron chi connectivity index (χ3n) is 4.40. The van der Waals surface area contributed by atoms with E-state index >= 15 is 0 Å². The van der Waals surface area contributed by atoms with Crippen molar-refractivity contribution in [1.29, 1.82) is 0 Å². The lowest BCUT2D eigenvalue weighted by Crippen LogP contribution is -2.41. The van der Waals surface area contributed by atoms with Gasteiger partial charge in [-0.2, -0.15) is 0 Å². The van der Waals surface area contributed by atoms with Crippen molar-refractivity contribution in [2.24, 2.45) is 5.92 Å². The van der Waals surface area contributed by atoms with Gasteiger partial charge >= 0.3 is 5.97 Å². The van der Waals surface area contributed by atoms with Crippen molar-refractivity contribution in [3.8, 4) is 0 Å². The highest BCUT2D eigenvalue weighted by molar-refractivity contribution is 5.78. The van der Waals surface area contributed by atoms with Crippen LogP contribution < -0.4 is 0 Å². The van der Waals surface area contributed by atoms with Crippen LogP contribution in [0.5, 0.6) is 0 Å². The molecular weight excluding hydrogens is 294 g/mol. The number of carbonyl (C=O) groups is 2. The predicted molar refractivity (Wildman–Crippen MR) is 91.5 cm³/mol. The summed E-state index contributed by atoms with van der Waals surface area (Å²) in [6, 6.07) is 0. The first-order valence-electron chi connectivity index (χ1n) is 8.81. The summed E-state index contributed by atoms with van der Waals surface area (Å²) in [6.07, 6.45) is 4.86. The van der Waals surface area contributed by atoms with Crippen LogP contribution >= 0.6 is 0 Å². The molecule has 0 aromatic heterocycles. The van der Waals surface area contributed by atoms with Crippen molar-refractivity contribution in [1.82, 2.24) is 14.7 Å². The number of unbranched alkanes of at least 4 members (excludes halogenated alkanes) is 2. The Kier molecular flexibility index (Phi) is 9.17. The van der Waals surface area contributed by atoms with E-state index in [1.807, 2.05) is 9.80 Å². The Bertz CT molecular complexity index is 374. The molecule has 1 unspecified atom stereocenters. The van der Waals surface area contributed by atoms with Gasteiger partial charge in [-0.1, -0.05) is 13.3 Å². The lowest BCUT2D eigenvalue weighted by molar-refractivity contribution is -0.141. The minimum absolute atomic E-state index is 0.148. The molecule has 0 aliphatic carbocycles. The molecule has 1 saturated heterocycles. The van der Waals surface area contributed by atoms with Gasteiger partial charge in [0, 0.05) is 19.6 Å². The summed E-state index contributed by atoms with van der Waals surface area (Å²) >= 11 is 0. The molecule has 6 heteroatoms. The number of carboxylic acids is 1. The Morgan fingerprint density at radius 2 is 1.78 bits per heavy atom. The Morgan fingerprint density at radius 1 is 1.13 bits per heavy atom. The average Bonchev–Trinajstić information content (AvgIpc) is 2.94. The molecule has 1 heterocycles. The zero-order chi connectivity index (χ0) is 17.2. The van der Waals surface area contributed by atoms with Gasteiger partial charge in [-0.15, -0.1) is 0 Å². The second-order valence-corrected chi connectivity index (χ2v) is 6.80. The molecule has 0 aromatic carbocycles. The van der Waals surface area contributed by atoms with Crippen molar-refractivity contribution in [3.05, 3.63) is 0 Å². The monoisotopic (exact) mass is 327 g/mol. The standard InChI is InChI=1S/C17H33N3O3/c1-4-5-10-20(11-7-6-9-18(2)3)16(21)14-19-12-8-15(13-19)17(22)23/h15H,4-14H2,1-3H3,(H,22,23). The van der Waals surface area contributed by atoms with Gasteiger partial charge in [0.1, 0.15) is 0 Å². The Morgan fingerprint density at radius 3 is 2.35 bits per heavy atom. The van der Waals surface area contributed by atoms with E-state index in [4.69, 9.17) is 5.11 Å². The van der Waals surface area contributed by atoms with Crippen LogP contribution in [0.4, 0.5) is 0 Å². The van der Waals surface area contributed by atoms with Crippen LogP contribution in [0.2, 0.25) is 0 Å². The van der Waals surface area contributed by atoms with Crippen LogP contribution in [0.1, 0.15) is 39.0 Å². The van der Waals surface area contributed by atoms with Crippen LogP contribution in [0.25, 0.3) is 0 Å². The molecule has 1 N–H and O–H groups in total. The van der Waals surface area contributed by atoms with Crippen LogP contribution in [-0.2, 0) is 9.59 Å². The van der Waals surface area contributed by atoms with Gasteiger partial charge in [0.2, 0.25) is 5.91 Å². The molecule has 1 rings (SSSR count). The maximum Gasteiger partial charge on any atom is 0.307 e. The summed E-state index contributed by atoms with van der Waals surface area (Å²) in [4.78, 5) is 29.7. The van der Waals surface area contributed by atoms with Crippen molar-refractivity contribution in [2.75, 3.05) is 53.4 Å². The Hall–Kier alpha value is -1.14. The van der Waals surface area contributed by atoms with E-state index in [-0.39, 0.29) is 11.8 Å². The molecule has 1 amide bonds. The number of nitrogens with zero attached hydrogens (tertiary/aromatic N) is 3. The quantitative estimate of drug-likeness (QED) is 0.581. The molecule has 1 aliphatic rings. The van der Waals surface area contributed by atoms with Crippen LogP contribution in [0.3, 0.4) is 0 Å². The number of hydrogen-bond donors (Lipinski definition) is 1. The highest BCUT2D eigenvalue weighted by Gasteiger charge is 2.29. The molecular formula is C17H33N3O3.